The summed E-state index contributed by atoms with van der Waals surface area (Å²) in [6.45, 7) is 7.72. The zero-order valence-electron chi connectivity index (χ0n) is 10.5. The van der Waals surface area contributed by atoms with Gasteiger partial charge in [-0.15, -0.1) is 0 Å². The van der Waals surface area contributed by atoms with Gasteiger partial charge in [0.1, 0.15) is 0 Å². The van der Waals surface area contributed by atoms with E-state index in [0.29, 0.717) is 12.0 Å². The second kappa shape index (κ2) is 7.21. The van der Waals surface area contributed by atoms with Gasteiger partial charge in [0.05, 0.1) is 0 Å². The minimum absolute atomic E-state index is 0.344. The molecular weight excluding hydrogens is 174 g/mol. The molecule has 0 radical (unpaired) electrons. The van der Waals surface area contributed by atoms with Crippen molar-refractivity contribution in [1.82, 2.24) is 9.80 Å². The van der Waals surface area contributed by atoms with Crippen molar-refractivity contribution in [2.75, 3.05) is 40.8 Å². The molecular formula is C11H27N3. The lowest BCUT2D eigenvalue weighted by Crippen LogP contribution is -2.34. The summed E-state index contributed by atoms with van der Waals surface area (Å²) in [5.74, 6) is 0.595. The van der Waals surface area contributed by atoms with Crippen molar-refractivity contribution in [2.45, 2.75) is 26.3 Å². The van der Waals surface area contributed by atoms with E-state index < -0.39 is 0 Å². The Morgan fingerprint density at radius 1 is 1.00 bits per heavy atom. The van der Waals surface area contributed by atoms with Crippen LogP contribution in [0, 0.1) is 5.92 Å². The molecule has 0 aliphatic rings. The van der Waals surface area contributed by atoms with Gasteiger partial charge >= 0.3 is 0 Å². The molecule has 0 saturated heterocycles. The molecule has 0 saturated carbocycles. The largest absolute Gasteiger partial charge is 0.327 e. The van der Waals surface area contributed by atoms with Crippen LogP contribution in [0.2, 0.25) is 0 Å². The van der Waals surface area contributed by atoms with Crippen LogP contribution in [0.25, 0.3) is 0 Å². The maximum atomic E-state index is 5.98. The lowest BCUT2D eigenvalue weighted by molar-refractivity contribution is 0.266. The Morgan fingerprint density at radius 2 is 1.57 bits per heavy atom. The van der Waals surface area contributed by atoms with Crippen LogP contribution in [-0.2, 0) is 0 Å². The summed E-state index contributed by atoms with van der Waals surface area (Å²) < 4.78 is 0. The van der Waals surface area contributed by atoms with Gasteiger partial charge in [0, 0.05) is 19.1 Å². The molecule has 0 fully saturated rings. The summed E-state index contributed by atoms with van der Waals surface area (Å²) in [7, 11) is 6.37. The predicted molar refractivity (Wildman–Crippen MR) is 63.5 cm³/mol. The van der Waals surface area contributed by atoms with Crippen LogP contribution < -0.4 is 5.73 Å². The minimum atomic E-state index is 0.344. The van der Waals surface area contributed by atoms with E-state index in [9.17, 15) is 0 Å². The van der Waals surface area contributed by atoms with Crippen molar-refractivity contribution in [1.29, 1.82) is 0 Å². The normalized spacial score (nSPS) is 14.4. The summed E-state index contributed by atoms with van der Waals surface area (Å²) in [5.41, 5.74) is 5.98. The Kier molecular flexibility index (Phi) is 7.15. The van der Waals surface area contributed by atoms with Crippen molar-refractivity contribution in [3.05, 3.63) is 0 Å². The molecule has 0 aromatic carbocycles. The van der Waals surface area contributed by atoms with Gasteiger partial charge < -0.3 is 15.5 Å². The lowest BCUT2D eigenvalue weighted by atomic mass is 10.0. The molecule has 0 spiro atoms. The second-order valence-electron chi connectivity index (χ2n) is 4.80. The maximum absolute atomic E-state index is 5.98. The van der Waals surface area contributed by atoms with Crippen molar-refractivity contribution < 1.29 is 0 Å². The van der Waals surface area contributed by atoms with Crippen molar-refractivity contribution >= 4 is 0 Å². The molecule has 1 atom stereocenters. The summed E-state index contributed by atoms with van der Waals surface area (Å²) in [5, 5.41) is 0. The average Bonchev–Trinajstić information content (AvgIpc) is 2.10. The molecule has 1 unspecified atom stereocenters. The maximum Gasteiger partial charge on any atom is 0.0106 e. The summed E-state index contributed by atoms with van der Waals surface area (Å²) in [6.07, 6.45) is 1.10. The molecule has 2 N–H and O–H groups in total. The predicted octanol–water partition coefficient (Wildman–Crippen LogP) is 0.853. The van der Waals surface area contributed by atoms with Gasteiger partial charge in [-0.3, -0.25) is 0 Å². The van der Waals surface area contributed by atoms with Gasteiger partial charge in [-0.25, -0.2) is 0 Å². The highest BCUT2D eigenvalue weighted by atomic mass is 15.1. The number of hydrogen-bond donors (Lipinski definition) is 1. The highest BCUT2D eigenvalue weighted by molar-refractivity contribution is 4.67. The molecule has 3 heteroatoms. The van der Waals surface area contributed by atoms with Gasteiger partial charge in [0.15, 0.2) is 0 Å². The van der Waals surface area contributed by atoms with Gasteiger partial charge in [-0.05, 0) is 40.0 Å². The number of hydrogen-bond acceptors (Lipinski definition) is 3. The van der Waals surface area contributed by atoms with Crippen molar-refractivity contribution in [3.63, 3.8) is 0 Å². The zero-order chi connectivity index (χ0) is 11.1. The molecule has 86 valence electrons. The first-order valence-corrected chi connectivity index (χ1v) is 5.52. The van der Waals surface area contributed by atoms with Crippen LogP contribution in [0.15, 0.2) is 0 Å². The quantitative estimate of drug-likeness (QED) is 0.663. The van der Waals surface area contributed by atoms with Crippen LogP contribution in [0.3, 0.4) is 0 Å². The molecule has 0 heterocycles. The molecule has 0 aliphatic carbocycles. The Balaban J connectivity index is 3.48. The Hall–Kier alpha value is -0.120. The Labute approximate surface area is 89.2 Å². The SMILES string of the molecule is CC(C)C(N)CCN(C)CCN(C)C. The number of nitrogens with zero attached hydrogens (tertiary/aromatic N) is 2. The van der Waals surface area contributed by atoms with E-state index in [1.165, 1.54) is 0 Å². The van der Waals surface area contributed by atoms with E-state index in [1.54, 1.807) is 0 Å². The van der Waals surface area contributed by atoms with E-state index in [4.69, 9.17) is 5.73 Å². The van der Waals surface area contributed by atoms with E-state index >= 15 is 0 Å². The summed E-state index contributed by atoms with van der Waals surface area (Å²) in [4.78, 5) is 4.56. The van der Waals surface area contributed by atoms with Gasteiger partial charge in [-0.1, -0.05) is 13.8 Å². The Bertz CT molecular complexity index is 134. The van der Waals surface area contributed by atoms with Crippen molar-refractivity contribution in [3.8, 4) is 0 Å². The number of rotatable bonds is 7. The third kappa shape index (κ3) is 7.30. The first-order chi connectivity index (χ1) is 6.43. The topological polar surface area (TPSA) is 32.5 Å². The zero-order valence-corrected chi connectivity index (χ0v) is 10.5. The van der Waals surface area contributed by atoms with E-state index in [1.807, 2.05) is 0 Å². The molecule has 14 heavy (non-hydrogen) atoms. The van der Waals surface area contributed by atoms with E-state index in [2.05, 4.69) is 44.8 Å². The summed E-state index contributed by atoms with van der Waals surface area (Å²) in [6, 6.07) is 0.344. The lowest BCUT2D eigenvalue weighted by Gasteiger charge is -2.22. The highest BCUT2D eigenvalue weighted by Crippen LogP contribution is 2.03. The summed E-state index contributed by atoms with van der Waals surface area (Å²) >= 11 is 0. The molecule has 0 aromatic heterocycles. The van der Waals surface area contributed by atoms with Crippen LogP contribution in [0.1, 0.15) is 20.3 Å². The smallest absolute Gasteiger partial charge is 0.0106 e. The van der Waals surface area contributed by atoms with Crippen LogP contribution in [-0.4, -0.2) is 56.6 Å². The van der Waals surface area contributed by atoms with E-state index in [-0.39, 0.29) is 0 Å². The molecule has 0 aromatic rings. The van der Waals surface area contributed by atoms with Gasteiger partial charge in [0.25, 0.3) is 0 Å². The van der Waals surface area contributed by atoms with Crippen LogP contribution >= 0.6 is 0 Å². The molecule has 0 rings (SSSR count). The Morgan fingerprint density at radius 3 is 2.00 bits per heavy atom. The first kappa shape index (κ1) is 13.9. The monoisotopic (exact) mass is 201 g/mol. The molecule has 0 aliphatic heterocycles. The highest BCUT2D eigenvalue weighted by Gasteiger charge is 2.08. The minimum Gasteiger partial charge on any atom is -0.327 e. The number of likely N-dealkylation sites (N-methyl/N-ethyl adjacent to an activating group) is 2. The van der Waals surface area contributed by atoms with Gasteiger partial charge in [-0.2, -0.15) is 0 Å². The van der Waals surface area contributed by atoms with E-state index in [0.717, 1.165) is 26.1 Å². The first-order valence-electron chi connectivity index (χ1n) is 5.52. The molecule has 0 bridgehead atoms. The van der Waals surface area contributed by atoms with Crippen LogP contribution in [0.4, 0.5) is 0 Å². The van der Waals surface area contributed by atoms with Crippen molar-refractivity contribution in [2.24, 2.45) is 11.7 Å². The number of nitrogens with two attached hydrogens (primary N) is 1. The molecule has 3 nitrogen and oxygen atoms in total. The van der Waals surface area contributed by atoms with Crippen LogP contribution in [0.5, 0.6) is 0 Å². The standard InChI is InChI=1S/C11H27N3/c1-10(2)11(12)6-7-14(5)9-8-13(3)4/h10-11H,6-9,12H2,1-5H3. The third-order valence-corrected chi connectivity index (χ3v) is 2.63. The molecule has 0 amide bonds. The fourth-order valence-electron chi connectivity index (χ4n) is 1.19. The fraction of sp³-hybridized carbons (Fsp3) is 1.00. The second-order valence-corrected chi connectivity index (χ2v) is 4.80. The average molecular weight is 201 g/mol. The third-order valence-electron chi connectivity index (χ3n) is 2.63. The fourth-order valence-corrected chi connectivity index (χ4v) is 1.19. The van der Waals surface area contributed by atoms with Gasteiger partial charge in [0.2, 0.25) is 0 Å².